The predicted molar refractivity (Wildman–Crippen MR) is 61.5 cm³/mol. The van der Waals surface area contributed by atoms with Crippen molar-refractivity contribution in [3.05, 3.63) is 0 Å². The van der Waals surface area contributed by atoms with E-state index in [2.05, 4.69) is 0 Å². The first-order valence-corrected chi connectivity index (χ1v) is 7.82. The molecule has 3 nitrogen and oxygen atoms in total. The summed E-state index contributed by atoms with van der Waals surface area (Å²) in [6.07, 6.45) is 2.43. The summed E-state index contributed by atoms with van der Waals surface area (Å²) in [5.74, 6) is -3.24. The number of alkyl halides is 2. The topological polar surface area (TPSA) is 43.4 Å². The summed E-state index contributed by atoms with van der Waals surface area (Å²) in [4.78, 5) is 0. The second-order valence-corrected chi connectivity index (χ2v) is 6.39. The van der Waals surface area contributed by atoms with Crippen LogP contribution in [0.4, 0.5) is 8.78 Å². The highest BCUT2D eigenvalue weighted by Gasteiger charge is 2.40. The molecule has 0 aromatic rings. The van der Waals surface area contributed by atoms with Crippen molar-refractivity contribution < 1.29 is 21.4 Å². The maximum absolute atomic E-state index is 13.6. The van der Waals surface area contributed by atoms with Crippen molar-refractivity contribution in [1.82, 2.24) is 0 Å². The van der Waals surface area contributed by atoms with E-state index in [1.165, 1.54) is 0 Å². The molecule has 0 aromatic carbocycles. The molecule has 0 aromatic heterocycles. The predicted octanol–water partition coefficient (Wildman–Crippen LogP) is 2.96. The zero-order chi connectivity index (χ0) is 13.1. The Hall–Kier alpha value is -0.230. The van der Waals surface area contributed by atoms with E-state index in [-0.39, 0.29) is 6.42 Å². The van der Waals surface area contributed by atoms with Crippen molar-refractivity contribution in [1.29, 1.82) is 0 Å². The minimum atomic E-state index is -3.47. The molecule has 0 N–H and O–H groups in total. The molecule has 0 spiro atoms. The Morgan fingerprint density at radius 1 is 1.24 bits per heavy atom. The van der Waals surface area contributed by atoms with Gasteiger partial charge >= 0.3 is 0 Å². The number of rotatable bonds is 5. The van der Waals surface area contributed by atoms with Crippen LogP contribution in [-0.2, 0) is 14.3 Å². The van der Waals surface area contributed by atoms with Crippen molar-refractivity contribution in [3.8, 4) is 0 Å². The van der Waals surface area contributed by atoms with Crippen LogP contribution in [0.5, 0.6) is 0 Å². The van der Waals surface area contributed by atoms with E-state index >= 15 is 0 Å². The first-order chi connectivity index (χ1) is 7.74. The Balaban J connectivity index is 2.45. The molecule has 1 saturated carbocycles. The van der Waals surface area contributed by atoms with Gasteiger partial charge in [0, 0.05) is 12.3 Å². The Kier molecular flexibility index (Phi) is 4.89. The van der Waals surface area contributed by atoms with Gasteiger partial charge in [-0.2, -0.15) is 8.42 Å². The summed E-state index contributed by atoms with van der Waals surface area (Å²) in [6.45, 7) is 1.74. The normalized spacial score (nSPS) is 27.1. The monoisotopic (exact) mass is 270 g/mol. The zero-order valence-corrected chi connectivity index (χ0v) is 11.1. The Labute approximate surface area is 102 Å². The van der Waals surface area contributed by atoms with Crippen LogP contribution in [0.1, 0.15) is 45.4 Å². The third-order valence-electron chi connectivity index (χ3n) is 3.17. The maximum Gasteiger partial charge on any atom is 0.264 e. The fourth-order valence-electron chi connectivity index (χ4n) is 2.37. The van der Waals surface area contributed by atoms with Crippen molar-refractivity contribution >= 4 is 10.1 Å². The van der Waals surface area contributed by atoms with Crippen molar-refractivity contribution in [3.63, 3.8) is 0 Å². The molecule has 0 aliphatic heterocycles. The van der Waals surface area contributed by atoms with Crippen molar-refractivity contribution in [2.45, 2.75) is 57.5 Å². The lowest BCUT2D eigenvalue weighted by Gasteiger charge is -2.33. The van der Waals surface area contributed by atoms with Crippen LogP contribution in [0.15, 0.2) is 0 Å². The van der Waals surface area contributed by atoms with Gasteiger partial charge in [0.25, 0.3) is 16.0 Å². The van der Waals surface area contributed by atoms with Gasteiger partial charge in [-0.25, -0.2) is 8.78 Å². The number of hydrogen-bond acceptors (Lipinski definition) is 3. The molecule has 1 aliphatic rings. The van der Waals surface area contributed by atoms with Gasteiger partial charge in [0.05, 0.1) is 12.4 Å². The van der Waals surface area contributed by atoms with Gasteiger partial charge in [-0.1, -0.05) is 13.3 Å². The third kappa shape index (κ3) is 4.87. The van der Waals surface area contributed by atoms with Gasteiger partial charge in [-0.05, 0) is 25.7 Å². The van der Waals surface area contributed by atoms with Crippen LogP contribution < -0.4 is 0 Å². The standard InChI is InChI=1S/C11H20F2O3S/c1-3-8-11(12,13)9-4-6-10(7-5-9)16-17(2,14)15/h9-10H,3-8H2,1-2H3/t9-,10-. The molecule has 0 unspecified atom stereocenters. The van der Waals surface area contributed by atoms with Crippen molar-refractivity contribution in [2.24, 2.45) is 5.92 Å². The summed E-state index contributed by atoms with van der Waals surface area (Å²) in [5, 5.41) is 0. The highest BCUT2D eigenvalue weighted by atomic mass is 32.2. The average Bonchev–Trinajstić information content (AvgIpc) is 2.15. The first kappa shape index (κ1) is 14.8. The van der Waals surface area contributed by atoms with E-state index in [1.54, 1.807) is 6.92 Å². The van der Waals surface area contributed by atoms with Crippen LogP contribution in [0.3, 0.4) is 0 Å². The van der Waals surface area contributed by atoms with E-state index in [0.717, 1.165) is 6.26 Å². The summed E-state index contributed by atoms with van der Waals surface area (Å²) in [6, 6.07) is 0. The lowest BCUT2D eigenvalue weighted by Crippen LogP contribution is -2.34. The second kappa shape index (κ2) is 5.61. The Morgan fingerprint density at radius 3 is 2.18 bits per heavy atom. The fourth-order valence-corrected chi connectivity index (χ4v) is 3.05. The summed E-state index contributed by atoms with van der Waals surface area (Å²) < 4.78 is 53.9. The average molecular weight is 270 g/mol. The number of hydrogen-bond donors (Lipinski definition) is 0. The van der Waals surface area contributed by atoms with E-state index < -0.39 is 28.1 Å². The molecule has 0 radical (unpaired) electrons. The molecule has 17 heavy (non-hydrogen) atoms. The molecule has 1 fully saturated rings. The summed E-state index contributed by atoms with van der Waals surface area (Å²) in [5.41, 5.74) is 0. The first-order valence-electron chi connectivity index (χ1n) is 6.00. The van der Waals surface area contributed by atoms with Crippen LogP contribution in [-0.4, -0.2) is 26.7 Å². The molecule has 1 rings (SSSR count). The highest BCUT2D eigenvalue weighted by molar-refractivity contribution is 7.86. The van der Waals surface area contributed by atoms with Gasteiger partial charge in [0.15, 0.2) is 0 Å². The second-order valence-electron chi connectivity index (χ2n) is 4.79. The maximum atomic E-state index is 13.6. The molecular weight excluding hydrogens is 250 g/mol. The molecule has 0 saturated heterocycles. The third-order valence-corrected chi connectivity index (χ3v) is 3.79. The lowest BCUT2D eigenvalue weighted by molar-refractivity contribution is -0.0854. The van der Waals surface area contributed by atoms with E-state index in [1.807, 2.05) is 0 Å². The smallest absolute Gasteiger partial charge is 0.264 e. The molecule has 102 valence electrons. The SMILES string of the molecule is CCCC(F)(F)[C@H]1CC[C@H](OS(C)(=O)=O)CC1. The largest absolute Gasteiger partial charge is 0.267 e. The van der Waals surface area contributed by atoms with Gasteiger partial charge < -0.3 is 0 Å². The van der Waals surface area contributed by atoms with Gasteiger partial charge in [-0.15, -0.1) is 0 Å². The molecular formula is C11H20F2O3S. The zero-order valence-electron chi connectivity index (χ0n) is 10.3. The number of halogens is 2. The van der Waals surface area contributed by atoms with E-state index in [4.69, 9.17) is 4.18 Å². The fraction of sp³-hybridized carbons (Fsp3) is 1.00. The Bertz CT molecular complexity index is 333. The molecule has 6 heteroatoms. The molecule has 0 heterocycles. The molecule has 1 aliphatic carbocycles. The molecule has 0 bridgehead atoms. The minimum Gasteiger partial charge on any atom is -0.267 e. The summed E-state index contributed by atoms with van der Waals surface area (Å²) >= 11 is 0. The van der Waals surface area contributed by atoms with Crippen LogP contribution >= 0.6 is 0 Å². The lowest BCUT2D eigenvalue weighted by atomic mass is 9.82. The molecule has 0 amide bonds. The van der Waals surface area contributed by atoms with E-state index in [0.29, 0.717) is 32.1 Å². The van der Waals surface area contributed by atoms with Crippen LogP contribution in [0.2, 0.25) is 0 Å². The van der Waals surface area contributed by atoms with Gasteiger partial charge in [0.1, 0.15) is 0 Å². The van der Waals surface area contributed by atoms with E-state index in [9.17, 15) is 17.2 Å². The van der Waals surface area contributed by atoms with Crippen LogP contribution in [0, 0.1) is 5.92 Å². The Morgan fingerprint density at radius 2 is 1.76 bits per heavy atom. The minimum absolute atomic E-state index is 0.0880. The van der Waals surface area contributed by atoms with Crippen molar-refractivity contribution in [2.75, 3.05) is 6.26 Å². The quantitative estimate of drug-likeness (QED) is 0.721. The summed E-state index contributed by atoms with van der Waals surface area (Å²) in [7, 11) is -3.47. The highest BCUT2D eigenvalue weighted by Crippen LogP contribution is 2.40. The van der Waals surface area contributed by atoms with Gasteiger partial charge in [-0.3, -0.25) is 4.18 Å². The van der Waals surface area contributed by atoms with Gasteiger partial charge in [0.2, 0.25) is 0 Å². The van der Waals surface area contributed by atoms with Crippen LogP contribution in [0.25, 0.3) is 0 Å². The molecule has 0 atom stereocenters.